The van der Waals surface area contributed by atoms with Crippen LogP contribution in [0.2, 0.25) is 0 Å². The second kappa shape index (κ2) is 11.1. The number of hydrogen-bond donors (Lipinski definition) is 4. The predicted octanol–water partition coefficient (Wildman–Crippen LogP) is 2.89. The van der Waals surface area contributed by atoms with E-state index >= 15 is 0 Å². The molecule has 0 fully saturated rings. The van der Waals surface area contributed by atoms with E-state index < -0.39 is 17.9 Å². The molecule has 2 amide bonds. The van der Waals surface area contributed by atoms with Crippen molar-refractivity contribution in [3.8, 4) is 23.1 Å². The lowest BCUT2D eigenvalue weighted by molar-refractivity contribution is -0.137. The van der Waals surface area contributed by atoms with E-state index in [1.807, 2.05) is 24.3 Å². The van der Waals surface area contributed by atoms with Crippen LogP contribution in [0.4, 0.5) is 0 Å². The van der Waals surface area contributed by atoms with E-state index in [9.17, 15) is 14.4 Å². The number of fused-ring (bicyclic) bond motifs is 1. The molecule has 184 valence electrons. The SMILES string of the molecule is CC(CC(=O)O)NC(=O)c1ccc(C#Cc2ccc(-c3cc(C(=O)NN)c4cnccc4n3)cc2)cc1. The third kappa shape index (κ3) is 6.14. The van der Waals surface area contributed by atoms with Gasteiger partial charge >= 0.3 is 5.97 Å². The average molecular weight is 494 g/mol. The molecule has 37 heavy (non-hydrogen) atoms. The number of nitrogens with zero attached hydrogens (tertiary/aromatic N) is 2. The number of hydrogen-bond acceptors (Lipinski definition) is 6. The average Bonchev–Trinajstić information content (AvgIpc) is 2.91. The highest BCUT2D eigenvalue weighted by Crippen LogP contribution is 2.24. The molecule has 2 aromatic carbocycles. The largest absolute Gasteiger partial charge is 0.481 e. The number of carbonyl (C=O) groups is 3. The van der Waals surface area contributed by atoms with Gasteiger partial charge in [-0.05, 0) is 55.5 Å². The Bertz CT molecular complexity index is 1540. The lowest BCUT2D eigenvalue weighted by Gasteiger charge is -2.11. The second-order valence-corrected chi connectivity index (χ2v) is 8.30. The van der Waals surface area contributed by atoms with Crippen molar-refractivity contribution in [3.63, 3.8) is 0 Å². The zero-order valence-electron chi connectivity index (χ0n) is 19.9. The van der Waals surface area contributed by atoms with Crippen molar-refractivity contribution >= 4 is 28.7 Å². The van der Waals surface area contributed by atoms with Gasteiger partial charge in [0, 0.05) is 46.1 Å². The number of carbonyl (C=O) groups excluding carboxylic acids is 2. The molecule has 0 bridgehead atoms. The molecular formula is C28H23N5O4. The van der Waals surface area contributed by atoms with Gasteiger partial charge in [0.1, 0.15) is 0 Å². The first-order valence-electron chi connectivity index (χ1n) is 11.3. The molecule has 4 rings (SSSR count). The van der Waals surface area contributed by atoms with Crippen molar-refractivity contribution in [2.45, 2.75) is 19.4 Å². The van der Waals surface area contributed by atoms with Gasteiger partial charge in [-0.25, -0.2) is 10.8 Å². The van der Waals surface area contributed by atoms with Crippen LogP contribution in [0.5, 0.6) is 0 Å². The summed E-state index contributed by atoms with van der Waals surface area (Å²) in [4.78, 5) is 44.0. The normalized spacial score (nSPS) is 11.2. The van der Waals surface area contributed by atoms with Crippen molar-refractivity contribution in [2.75, 3.05) is 0 Å². The first-order chi connectivity index (χ1) is 17.8. The standard InChI is InChI=1S/C28H23N5O4/c1-17(14-26(34)35)31-27(36)21-10-6-19(7-11-21)3-2-18-4-8-20(9-5-18)25-15-22(28(37)33-29)23-16-30-13-12-24(23)32-25/h4-13,15-17H,14,29H2,1H3,(H,31,36)(H,33,37)(H,34,35). The van der Waals surface area contributed by atoms with Gasteiger partial charge in [-0.1, -0.05) is 24.0 Å². The second-order valence-electron chi connectivity index (χ2n) is 8.30. The van der Waals surface area contributed by atoms with E-state index in [2.05, 4.69) is 32.6 Å². The maximum Gasteiger partial charge on any atom is 0.305 e. The highest BCUT2D eigenvalue weighted by atomic mass is 16.4. The Labute approximate surface area is 212 Å². The van der Waals surface area contributed by atoms with Crippen LogP contribution < -0.4 is 16.6 Å². The number of carboxylic acids is 1. The number of rotatable bonds is 6. The number of pyridine rings is 2. The molecule has 0 aliphatic carbocycles. The number of nitrogen functional groups attached to an aromatic ring is 1. The Balaban J connectivity index is 1.49. The molecule has 0 spiro atoms. The van der Waals surface area contributed by atoms with E-state index in [1.165, 1.54) is 0 Å². The maximum absolute atomic E-state index is 12.3. The number of benzene rings is 2. The first-order valence-corrected chi connectivity index (χ1v) is 11.3. The first kappa shape index (κ1) is 25.0. The number of nitrogens with two attached hydrogens (primary N) is 1. The summed E-state index contributed by atoms with van der Waals surface area (Å²) >= 11 is 0. The van der Waals surface area contributed by atoms with Gasteiger partial charge in [-0.15, -0.1) is 0 Å². The highest BCUT2D eigenvalue weighted by molar-refractivity contribution is 6.06. The van der Waals surface area contributed by atoms with Crippen molar-refractivity contribution in [1.82, 2.24) is 20.7 Å². The van der Waals surface area contributed by atoms with Gasteiger partial charge in [0.2, 0.25) is 0 Å². The summed E-state index contributed by atoms with van der Waals surface area (Å²) in [5.41, 5.74) is 6.52. The fraction of sp³-hybridized carbons (Fsp3) is 0.107. The minimum atomic E-state index is -0.971. The number of hydrazine groups is 1. The molecule has 0 saturated heterocycles. The quantitative estimate of drug-likeness (QED) is 0.140. The zero-order valence-corrected chi connectivity index (χ0v) is 19.9. The molecule has 4 aromatic rings. The topological polar surface area (TPSA) is 147 Å². The van der Waals surface area contributed by atoms with Crippen molar-refractivity contribution in [2.24, 2.45) is 5.84 Å². The predicted molar refractivity (Wildman–Crippen MR) is 138 cm³/mol. The summed E-state index contributed by atoms with van der Waals surface area (Å²) in [6, 6.07) is 17.1. The van der Waals surface area contributed by atoms with Crippen LogP contribution in [0.15, 0.2) is 73.1 Å². The molecule has 1 atom stereocenters. The van der Waals surface area contributed by atoms with E-state index in [4.69, 9.17) is 10.9 Å². The molecular weight excluding hydrogens is 470 g/mol. The summed E-state index contributed by atoms with van der Waals surface area (Å²) in [7, 11) is 0. The van der Waals surface area contributed by atoms with E-state index in [0.29, 0.717) is 27.7 Å². The van der Waals surface area contributed by atoms with E-state index in [-0.39, 0.29) is 12.3 Å². The summed E-state index contributed by atoms with van der Waals surface area (Å²) in [5.74, 6) is 9.76. The number of nitrogens with one attached hydrogen (secondary N) is 2. The Morgan fingerprint density at radius 2 is 1.62 bits per heavy atom. The Kier molecular flexibility index (Phi) is 7.52. The Hall–Kier alpha value is -5.07. The van der Waals surface area contributed by atoms with Gasteiger partial charge in [0.05, 0.1) is 23.2 Å². The number of carboxylic acid groups (broad SMARTS) is 1. The molecule has 9 nitrogen and oxygen atoms in total. The Morgan fingerprint density at radius 3 is 2.24 bits per heavy atom. The molecule has 5 N–H and O–H groups in total. The highest BCUT2D eigenvalue weighted by Gasteiger charge is 2.14. The molecule has 2 heterocycles. The number of aliphatic carboxylic acids is 1. The van der Waals surface area contributed by atoms with Gasteiger partial charge in [0.15, 0.2) is 0 Å². The van der Waals surface area contributed by atoms with E-state index in [0.717, 1.165) is 16.7 Å². The van der Waals surface area contributed by atoms with Crippen LogP contribution in [0, 0.1) is 11.8 Å². The van der Waals surface area contributed by atoms with Crippen LogP contribution in [0.1, 0.15) is 45.2 Å². The lowest BCUT2D eigenvalue weighted by Crippen LogP contribution is -2.34. The summed E-state index contributed by atoms with van der Waals surface area (Å²) in [6.45, 7) is 1.64. The van der Waals surface area contributed by atoms with E-state index in [1.54, 1.807) is 55.7 Å². The lowest BCUT2D eigenvalue weighted by atomic mass is 10.0. The fourth-order valence-corrected chi connectivity index (χ4v) is 3.68. The van der Waals surface area contributed by atoms with Gasteiger partial charge in [-0.3, -0.25) is 24.8 Å². The van der Waals surface area contributed by atoms with Gasteiger partial charge in [-0.2, -0.15) is 0 Å². The number of amides is 2. The minimum absolute atomic E-state index is 0.146. The smallest absolute Gasteiger partial charge is 0.305 e. The molecule has 0 aliphatic rings. The Morgan fingerprint density at radius 1 is 0.973 bits per heavy atom. The van der Waals surface area contributed by atoms with Crippen molar-refractivity contribution < 1.29 is 19.5 Å². The molecule has 9 heteroatoms. The molecule has 2 aromatic heterocycles. The van der Waals surface area contributed by atoms with Crippen molar-refractivity contribution in [3.05, 3.63) is 95.3 Å². The summed E-state index contributed by atoms with van der Waals surface area (Å²) < 4.78 is 0. The van der Waals surface area contributed by atoms with Crippen LogP contribution in [0.25, 0.3) is 22.2 Å². The third-order valence-corrected chi connectivity index (χ3v) is 5.52. The monoisotopic (exact) mass is 493 g/mol. The van der Waals surface area contributed by atoms with Crippen molar-refractivity contribution in [1.29, 1.82) is 0 Å². The van der Waals surface area contributed by atoms with Crippen LogP contribution in [0.3, 0.4) is 0 Å². The summed E-state index contributed by atoms with van der Waals surface area (Å²) in [6.07, 6.45) is 3.04. The minimum Gasteiger partial charge on any atom is -0.481 e. The fourth-order valence-electron chi connectivity index (χ4n) is 3.68. The molecule has 0 radical (unpaired) electrons. The van der Waals surface area contributed by atoms with Gasteiger partial charge < -0.3 is 10.4 Å². The summed E-state index contributed by atoms with van der Waals surface area (Å²) in [5, 5.41) is 12.1. The van der Waals surface area contributed by atoms with Crippen LogP contribution >= 0.6 is 0 Å². The van der Waals surface area contributed by atoms with Gasteiger partial charge in [0.25, 0.3) is 11.8 Å². The molecule has 0 saturated carbocycles. The maximum atomic E-state index is 12.3. The van der Waals surface area contributed by atoms with Crippen LogP contribution in [-0.4, -0.2) is 38.9 Å². The number of aromatic nitrogens is 2. The third-order valence-electron chi connectivity index (χ3n) is 5.52. The van der Waals surface area contributed by atoms with Crippen LogP contribution in [-0.2, 0) is 4.79 Å². The molecule has 1 unspecified atom stereocenters. The molecule has 0 aliphatic heterocycles. The zero-order chi connectivity index (χ0) is 26.4.